The first-order chi connectivity index (χ1) is 13.2. The van der Waals surface area contributed by atoms with E-state index in [0.717, 1.165) is 9.87 Å². The van der Waals surface area contributed by atoms with Gasteiger partial charge in [0.1, 0.15) is 9.92 Å². The zero-order valence-electron chi connectivity index (χ0n) is 19.2. The van der Waals surface area contributed by atoms with Gasteiger partial charge in [0.15, 0.2) is 8.24 Å². The van der Waals surface area contributed by atoms with Crippen molar-refractivity contribution in [2.75, 3.05) is 0 Å². The molecule has 1 amide bonds. The number of amides is 1. The number of carboxylic acid groups (broad SMARTS) is 1. The summed E-state index contributed by atoms with van der Waals surface area (Å²) in [5, 5.41) is 9.59. The molecule has 4 atom stereocenters. The van der Waals surface area contributed by atoms with Crippen LogP contribution in [0.2, 0.25) is 18.1 Å². The average Bonchev–Trinajstić information content (AvgIpc) is 2.60. The van der Waals surface area contributed by atoms with Gasteiger partial charge >= 0.3 is 6.09 Å². The van der Waals surface area contributed by atoms with E-state index in [9.17, 15) is 14.1 Å². The van der Waals surface area contributed by atoms with Gasteiger partial charge in [0, 0.05) is 0 Å². The lowest BCUT2D eigenvalue weighted by molar-refractivity contribution is 0.164. The average molecular weight is 439 g/mol. The molecule has 0 spiro atoms. The molecule has 7 heteroatoms. The maximum atomic E-state index is 14.6. The van der Waals surface area contributed by atoms with E-state index in [1.54, 1.807) is 13.0 Å². The summed E-state index contributed by atoms with van der Waals surface area (Å²) in [5.74, 6) is -0.0154. The fourth-order valence-electron chi connectivity index (χ4n) is 2.90. The zero-order chi connectivity index (χ0) is 22.6. The summed E-state index contributed by atoms with van der Waals surface area (Å²) in [5.41, 5.74) is 0.802. The molecule has 1 N–H and O–H groups in total. The van der Waals surface area contributed by atoms with E-state index < -0.39 is 35.5 Å². The molecule has 1 unspecified atom stereocenters. The summed E-state index contributed by atoms with van der Waals surface area (Å²) in [6, 6.07) is 8.76. The first-order valence-corrected chi connectivity index (χ1v) is 14.6. The second-order valence-corrected chi connectivity index (χ2v) is 16.9. The van der Waals surface area contributed by atoms with E-state index >= 15 is 0 Å². The van der Waals surface area contributed by atoms with E-state index in [4.69, 9.17) is 4.03 Å². The van der Waals surface area contributed by atoms with Gasteiger partial charge in [-0.2, -0.15) is 0 Å². The second kappa shape index (κ2) is 9.47. The highest BCUT2D eigenvalue weighted by Crippen LogP contribution is 2.40. The highest BCUT2D eigenvalue weighted by Gasteiger charge is 2.43. The van der Waals surface area contributed by atoms with E-state index in [2.05, 4.69) is 40.4 Å². The van der Waals surface area contributed by atoms with Crippen LogP contribution in [0.25, 0.3) is 0 Å². The lowest BCUT2D eigenvalue weighted by Gasteiger charge is -2.39. The molecule has 29 heavy (non-hydrogen) atoms. The maximum absolute atomic E-state index is 14.6. The number of carbonyl (C=O) groups is 1. The van der Waals surface area contributed by atoms with Crippen molar-refractivity contribution < 1.29 is 14.1 Å². The van der Waals surface area contributed by atoms with Crippen LogP contribution < -0.4 is 0 Å². The Labute approximate surface area is 178 Å². The van der Waals surface area contributed by atoms with Crippen molar-refractivity contribution >= 4 is 24.2 Å². The molecular formula is C22H38N2O3SSi. The van der Waals surface area contributed by atoms with Crippen LogP contribution in [0.4, 0.5) is 4.79 Å². The molecule has 0 saturated carbocycles. The normalized spacial score (nSPS) is 17.5. The molecule has 164 valence electrons. The minimum Gasteiger partial charge on any atom is -0.464 e. The zero-order valence-corrected chi connectivity index (χ0v) is 21.0. The lowest BCUT2D eigenvalue weighted by atomic mass is 10.1. The molecule has 1 aromatic rings. The van der Waals surface area contributed by atoms with Crippen molar-refractivity contribution in [2.24, 2.45) is 9.95 Å². The van der Waals surface area contributed by atoms with Crippen LogP contribution in [0.5, 0.6) is 0 Å². The van der Waals surface area contributed by atoms with Gasteiger partial charge in [-0.1, -0.05) is 64.1 Å². The first-order valence-electron chi connectivity index (χ1n) is 10.1. The molecule has 0 fully saturated rings. The van der Waals surface area contributed by atoms with Crippen LogP contribution in [-0.2, 0) is 9.92 Å². The fourth-order valence-corrected chi connectivity index (χ4v) is 9.50. The van der Waals surface area contributed by atoms with Crippen LogP contribution in [0.3, 0.4) is 0 Å². The Morgan fingerprint density at radius 1 is 1.24 bits per heavy atom. The van der Waals surface area contributed by atoms with E-state index in [1.807, 2.05) is 44.2 Å². The molecule has 1 rings (SSSR count). The Bertz CT molecular complexity index is 824. The standard InChI is InChI=1S/C22H38N2O3SSi/c1-10-14-17(2)19(4)28(27,23-29(8,9)22(5,6)7)24(21(25)26)18(3)20-15-12-11-13-16-20/h10-13,15-19H,1,14H2,2-9H3,(H,25,26)/t17-,18-,19+,28?/m0/s1. The van der Waals surface area contributed by atoms with Crippen molar-refractivity contribution in [3.63, 3.8) is 0 Å². The Hall–Kier alpha value is -1.60. The number of hydrogen-bond donors (Lipinski definition) is 1. The molecule has 0 aliphatic rings. The van der Waals surface area contributed by atoms with Crippen LogP contribution in [0.1, 0.15) is 59.6 Å². The number of allylic oxidation sites excluding steroid dienone is 1. The van der Waals surface area contributed by atoms with E-state index in [0.29, 0.717) is 6.42 Å². The third kappa shape index (κ3) is 5.72. The Morgan fingerprint density at radius 2 is 1.76 bits per heavy atom. The van der Waals surface area contributed by atoms with Gasteiger partial charge < -0.3 is 5.11 Å². The smallest absolute Gasteiger partial charge is 0.420 e. The largest absolute Gasteiger partial charge is 0.464 e. The quantitative estimate of drug-likeness (QED) is 0.362. The van der Waals surface area contributed by atoms with Crippen molar-refractivity contribution in [3.8, 4) is 0 Å². The molecule has 0 aliphatic carbocycles. The number of rotatable bonds is 8. The van der Waals surface area contributed by atoms with E-state index in [-0.39, 0.29) is 11.0 Å². The predicted octanol–water partition coefficient (Wildman–Crippen LogP) is 6.72. The molecule has 0 bridgehead atoms. The lowest BCUT2D eigenvalue weighted by Crippen LogP contribution is -2.48. The van der Waals surface area contributed by atoms with Gasteiger partial charge in [0.2, 0.25) is 0 Å². The monoisotopic (exact) mass is 438 g/mol. The summed E-state index contributed by atoms with van der Waals surface area (Å²) in [7, 11) is -5.65. The third-order valence-electron chi connectivity index (χ3n) is 6.12. The highest BCUT2D eigenvalue weighted by molar-refractivity contribution is 7.93. The number of benzene rings is 1. The molecule has 0 radical (unpaired) electrons. The number of hydrogen-bond acceptors (Lipinski definition) is 3. The molecule has 1 aromatic carbocycles. The van der Waals surface area contributed by atoms with Gasteiger partial charge in [-0.15, -0.1) is 6.58 Å². The summed E-state index contributed by atoms with van der Waals surface area (Å²) in [4.78, 5) is 12.5. The van der Waals surface area contributed by atoms with Crippen LogP contribution in [0, 0.1) is 5.92 Å². The molecule has 5 nitrogen and oxygen atoms in total. The van der Waals surface area contributed by atoms with Gasteiger partial charge in [-0.05, 0) is 49.9 Å². The molecule has 0 aliphatic heterocycles. The van der Waals surface area contributed by atoms with Gasteiger partial charge in [-0.3, -0.25) is 4.03 Å². The van der Waals surface area contributed by atoms with Crippen LogP contribution in [0.15, 0.2) is 47.0 Å². The molecule has 0 saturated heterocycles. The van der Waals surface area contributed by atoms with Crippen molar-refractivity contribution in [1.82, 2.24) is 4.31 Å². The first kappa shape index (κ1) is 25.4. The Morgan fingerprint density at radius 3 is 2.17 bits per heavy atom. The third-order valence-corrected chi connectivity index (χ3v) is 15.1. The van der Waals surface area contributed by atoms with Gasteiger partial charge in [0.05, 0.1) is 11.3 Å². The predicted molar refractivity (Wildman–Crippen MR) is 126 cm³/mol. The van der Waals surface area contributed by atoms with Crippen LogP contribution in [-0.4, -0.2) is 33.2 Å². The molecule has 0 aromatic heterocycles. The summed E-state index contributed by atoms with van der Waals surface area (Å²) >= 11 is 0. The summed E-state index contributed by atoms with van der Waals surface area (Å²) in [6.07, 6.45) is 1.24. The minimum atomic E-state index is -3.24. The fraction of sp³-hybridized carbons (Fsp3) is 0.591. The molecule has 0 heterocycles. The summed E-state index contributed by atoms with van der Waals surface area (Å²) in [6.45, 7) is 19.8. The van der Waals surface area contributed by atoms with Crippen molar-refractivity contribution in [2.45, 2.75) is 77.4 Å². The topological polar surface area (TPSA) is 70.0 Å². The number of nitrogens with zero attached hydrogens (tertiary/aromatic N) is 2. The maximum Gasteiger partial charge on any atom is 0.420 e. The Balaban J connectivity index is 3.78. The molecular weight excluding hydrogens is 400 g/mol. The van der Waals surface area contributed by atoms with Gasteiger partial charge in [-0.25, -0.2) is 13.3 Å². The van der Waals surface area contributed by atoms with Gasteiger partial charge in [0.25, 0.3) is 0 Å². The Kier molecular flexibility index (Phi) is 8.31. The van der Waals surface area contributed by atoms with Crippen molar-refractivity contribution in [3.05, 3.63) is 48.6 Å². The summed E-state index contributed by atoms with van der Waals surface area (Å²) < 4.78 is 20.7. The van der Waals surface area contributed by atoms with Crippen LogP contribution >= 0.6 is 0 Å². The second-order valence-electron chi connectivity index (χ2n) is 9.34. The minimum absolute atomic E-state index is 0.0154. The highest BCUT2D eigenvalue weighted by atomic mass is 32.2. The van der Waals surface area contributed by atoms with Crippen molar-refractivity contribution in [1.29, 1.82) is 0 Å². The van der Waals surface area contributed by atoms with E-state index in [1.165, 1.54) is 0 Å². The SMILES string of the molecule is C=CC[C@H](C)[C@@H](C)S(=O)(=N[Si](C)(C)C(C)(C)C)N(C(=O)O)[C@@H](C)c1ccccc1.